The second kappa shape index (κ2) is 5.62. The van der Waals surface area contributed by atoms with E-state index < -0.39 is 5.97 Å². The SMILES string of the molecule is Cc1nc(NCCC2=CCCC2)ncc1C(=O)O. The van der Waals surface area contributed by atoms with E-state index >= 15 is 0 Å². The Balaban J connectivity index is 1.89. The number of nitrogens with one attached hydrogen (secondary N) is 1. The first-order chi connectivity index (χ1) is 8.66. The summed E-state index contributed by atoms with van der Waals surface area (Å²) in [5, 5.41) is 12.0. The smallest absolute Gasteiger partial charge is 0.339 e. The minimum atomic E-state index is -0.991. The summed E-state index contributed by atoms with van der Waals surface area (Å²) < 4.78 is 0. The van der Waals surface area contributed by atoms with Crippen LogP contribution in [-0.2, 0) is 0 Å². The van der Waals surface area contributed by atoms with Crippen molar-refractivity contribution in [3.05, 3.63) is 29.1 Å². The average Bonchev–Trinajstić information content (AvgIpc) is 2.81. The van der Waals surface area contributed by atoms with Gasteiger partial charge in [0, 0.05) is 12.7 Å². The van der Waals surface area contributed by atoms with Crippen LogP contribution in [0.2, 0.25) is 0 Å². The molecule has 2 N–H and O–H groups in total. The fourth-order valence-electron chi connectivity index (χ4n) is 2.06. The van der Waals surface area contributed by atoms with Crippen LogP contribution >= 0.6 is 0 Å². The molecule has 5 heteroatoms. The molecule has 0 atom stereocenters. The van der Waals surface area contributed by atoms with Gasteiger partial charge < -0.3 is 10.4 Å². The quantitative estimate of drug-likeness (QED) is 0.781. The van der Waals surface area contributed by atoms with Gasteiger partial charge in [-0.15, -0.1) is 0 Å². The number of carboxylic acid groups (broad SMARTS) is 1. The van der Waals surface area contributed by atoms with Crippen LogP contribution in [0.25, 0.3) is 0 Å². The lowest BCUT2D eigenvalue weighted by molar-refractivity contribution is 0.0695. The highest BCUT2D eigenvalue weighted by atomic mass is 16.4. The van der Waals surface area contributed by atoms with Crippen molar-refractivity contribution < 1.29 is 9.90 Å². The number of carboxylic acids is 1. The van der Waals surface area contributed by atoms with E-state index in [4.69, 9.17) is 5.11 Å². The second-order valence-electron chi connectivity index (χ2n) is 4.43. The third-order valence-corrected chi connectivity index (χ3v) is 3.07. The zero-order chi connectivity index (χ0) is 13.0. The molecule has 1 aromatic heterocycles. The van der Waals surface area contributed by atoms with Crippen LogP contribution in [0.4, 0.5) is 5.95 Å². The number of rotatable bonds is 5. The van der Waals surface area contributed by atoms with Gasteiger partial charge in [0.25, 0.3) is 0 Å². The zero-order valence-electron chi connectivity index (χ0n) is 10.4. The standard InChI is InChI=1S/C13H17N3O2/c1-9-11(12(17)18)8-15-13(16-9)14-7-6-10-4-2-3-5-10/h4,8H,2-3,5-7H2,1H3,(H,17,18)(H,14,15,16). The highest BCUT2D eigenvalue weighted by Gasteiger charge is 2.10. The predicted octanol–water partition coefficient (Wildman–Crippen LogP) is 2.40. The summed E-state index contributed by atoms with van der Waals surface area (Å²) in [5.41, 5.74) is 2.13. The number of allylic oxidation sites excluding steroid dienone is 1. The van der Waals surface area contributed by atoms with Crippen molar-refractivity contribution in [2.45, 2.75) is 32.6 Å². The first-order valence-corrected chi connectivity index (χ1v) is 6.15. The molecule has 0 unspecified atom stereocenters. The summed E-state index contributed by atoms with van der Waals surface area (Å²) in [4.78, 5) is 19.0. The fourth-order valence-corrected chi connectivity index (χ4v) is 2.06. The first kappa shape index (κ1) is 12.5. The van der Waals surface area contributed by atoms with Gasteiger partial charge in [-0.2, -0.15) is 0 Å². The molecule has 0 spiro atoms. The minimum Gasteiger partial charge on any atom is -0.478 e. The Hall–Kier alpha value is -1.91. The summed E-state index contributed by atoms with van der Waals surface area (Å²) in [5.74, 6) is -0.494. The number of carbonyl (C=O) groups is 1. The molecular formula is C13H17N3O2. The number of hydrogen-bond acceptors (Lipinski definition) is 4. The van der Waals surface area contributed by atoms with Crippen LogP contribution in [0.3, 0.4) is 0 Å². The van der Waals surface area contributed by atoms with Crippen LogP contribution in [0, 0.1) is 6.92 Å². The molecule has 5 nitrogen and oxygen atoms in total. The Morgan fingerprint density at radius 2 is 2.39 bits per heavy atom. The molecule has 0 radical (unpaired) electrons. The van der Waals surface area contributed by atoms with Gasteiger partial charge >= 0.3 is 5.97 Å². The summed E-state index contributed by atoms with van der Waals surface area (Å²) in [7, 11) is 0. The maximum atomic E-state index is 10.8. The van der Waals surface area contributed by atoms with Crippen molar-refractivity contribution in [3.63, 3.8) is 0 Å². The molecule has 1 aliphatic rings. The van der Waals surface area contributed by atoms with E-state index in [-0.39, 0.29) is 5.56 Å². The topological polar surface area (TPSA) is 75.1 Å². The summed E-state index contributed by atoms with van der Waals surface area (Å²) in [6.07, 6.45) is 8.29. The van der Waals surface area contributed by atoms with Gasteiger partial charge in [0.2, 0.25) is 5.95 Å². The van der Waals surface area contributed by atoms with Crippen LogP contribution in [0.5, 0.6) is 0 Å². The van der Waals surface area contributed by atoms with E-state index in [2.05, 4.69) is 21.4 Å². The van der Waals surface area contributed by atoms with E-state index in [1.807, 2.05) is 0 Å². The van der Waals surface area contributed by atoms with Crippen molar-refractivity contribution in [3.8, 4) is 0 Å². The molecule has 96 valence electrons. The van der Waals surface area contributed by atoms with Gasteiger partial charge in [-0.3, -0.25) is 0 Å². The lowest BCUT2D eigenvalue weighted by Crippen LogP contribution is -2.09. The lowest BCUT2D eigenvalue weighted by atomic mass is 10.2. The molecule has 0 saturated heterocycles. The maximum absolute atomic E-state index is 10.8. The largest absolute Gasteiger partial charge is 0.478 e. The van der Waals surface area contributed by atoms with Crippen molar-refractivity contribution in [2.75, 3.05) is 11.9 Å². The molecular weight excluding hydrogens is 230 g/mol. The summed E-state index contributed by atoms with van der Waals surface area (Å²) in [6, 6.07) is 0. The highest BCUT2D eigenvalue weighted by molar-refractivity contribution is 5.88. The van der Waals surface area contributed by atoms with E-state index in [9.17, 15) is 4.79 Å². The normalized spacial score (nSPS) is 14.4. The molecule has 18 heavy (non-hydrogen) atoms. The number of anilines is 1. The zero-order valence-corrected chi connectivity index (χ0v) is 10.4. The van der Waals surface area contributed by atoms with Crippen molar-refractivity contribution in [2.24, 2.45) is 0 Å². The predicted molar refractivity (Wildman–Crippen MR) is 68.8 cm³/mol. The number of aromatic nitrogens is 2. The molecule has 1 aliphatic carbocycles. The second-order valence-corrected chi connectivity index (χ2v) is 4.43. The number of aryl methyl sites for hydroxylation is 1. The van der Waals surface area contributed by atoms with E-state index in [1.165, 1.54) is 31.0 Å². The van der Waals surface area contributed by atoms with E-state index in [0.717, 1.165) is 13.0 Å². The number of nitrogens with zero attached hydrogens (tertiary/aromatic N) is 2. The molecule has 0 bridgehead atoms. The highest BCUT2D eigenvalue weighted by Crippen LogP contribution is 2.20. The summed E-state index contributed by atoms with van der Waals surface area (Å²) in [6.45, 7) is 2.47. The molecule has 0 fully saturated rings. The van der Waals surface area contributed by atoms with Crippen LogP contribution in [-0.4, -0.2) is 27.6 Å². The number of hydrogen-bond donors (Lipinski definition) is 2. The van der Waals surface area contributed by atoms with Crippen LogP contribution in [0.1, 0.15) is 41.7 Å². The Labute approximate surface area is 106 Å². The monoisotopic (exact) mass is 247 g/mol. The first-order valence-electron chi connectivity index (χ1n) is 6.15. The lowest BCUT2D eigenvalue weighted by Gasteiger charge is -2.07. The van der Waals surface area contributed by atoms with Crippen LogP contribution < -0.4 is 5.32 Å². The van der Waals surface area contributed by atoms with Gasteiger partial charge in [-0.1, -0.05) is 11.6 Å². The van der Waals surface area contributed by atoms with E-state index in [1.54, 1.807) is 6.92 Å². The molecule has 0 saturated carbocycles. The van der Waals surface area contributed by atoms with Crippen molar-refractivity contribution in [1.29, 1.82) is 0 Å². The Morgan fingerprint density at radius 3 is 3.00 bits per heavy atom. The molecule has 0 amide bonds. The van der Waals surface area contributed by atoms with Gasteiger partial charge in [0.1, 0.15) is 0 Å². The minimum absolute atomic E-state index is 0.152. The van der Waals surface area contributed by atoms with E-state index in [0.29, 0.717) is 11.6 Å². The van der Waals surface area contributed by atoms with Gasteiger partial charge in [0.15, 0.2) is 0 Å². The average molecular weight is 247 g/mol. The van der Waals surface area contributed by atoms with Gasteiger partial charge in [0.05, 0.1) is 11.3 Å². The number of aromatic carboxylic acids is 1. The maximum Gasteiger partial charge on any atom is 0.339 e. The van der Waals surface area contributed by atoms with Gasteiger partial charge in [-0.25, -0.2) is 14.8 Å². The Morgan fingerprint density at radius 1 is 1.56 bits per heavy atom. The molecule has 1 heterocycles. The molecule has 1 aromatic rings. The Kier molecular flexibility index (Phi) is 3.92. The Bertz CT molecular complexity index is 483. The van der Waals surface area contributed by atoms with Gasteiger partial charge in [-0.05, 0) is 32.6 Å². The van der Waals surface area contributed by atoms with Crippen LogP contribution in [0.15, 0.2) is 17.8 Å². The molecule has 0 aromatic carbocycles. The fraction of sp³-hybridized carbons (Fsp3) is 0.462. The third kappa shape index (κ3) is 3.06. The molecule has 0 aliphatic heterocycles. The van der Waals surface area contributed by atoms with Crippen molar-refractivity contribution >= 4 is 11.9 Å². The third-order valence-electron chi connectivity index (χ3n) is 3.07. The molecule has 2 rings (SSSR count). The van der Waals surface area contributed by atoms with Crippen molar-refractivity contribution in [1.82, 2.24) is 9.97 Å². The summed E-state index contributed by atoms with van der Waals surface area (Å²) >= 11 is 0.